The largest absolute Gasteiger partial charge is 0.370 e. The Hall–Kier alpha value is -1.14. The van der Waals surface area contributed by atoms with Crippen LogP contribution >= 0.6 is 27.5 Å². The number of halogens is 3. The Morgan fingerprint density at radius 1 is 1.53 bits per heavy atom. The molecule has 1 aromatic carbocycles. The molecular weight excluding hydrogens is 337 g/mol. The number of primary amides is 1. The third kappa shape index (κ3) is 3.06. The van der Waals surface area contributed by atoms with E-state index in [0.29, 0.717) is 28.8 Å². The van der Waals surface area contributed by atoms with Crippen LogP contribution in [0.1, 0.15) is 12.2 Å². The van der Waals surface area contributed by atoms with Gasteiger partial charge in [0.15, 0.2) is 0 Å². The molecule has 1 heterocycles. The summed E-state index contributed by atoms with van der Waals surface area (Å²) >= 11 is 8.88. The molecule has 0 saturated heterocycles. The number of carbonyl (C=O) groups excluding carboxylic acids is 1. The van der Waals surface area contributed by atoms with Crippen molar-refractivity contribution in [2.45, 2.75) is 19.4 Å². The number of nitrogens with zero attached hydrogens (tertiary/aromatic N) is 2. The van der Waals surface area contributed by atoms with Gasteiger partial charge < -0.3 is 10.3 Å². The fourth-order valence-electron chi connectivity index (χ4n) is 1.92. The maximum Gasteiger partial charge on any atom is 0.219 e. The summed E-state index contributed by atoms with van der Waals surface area (Å²) in [4.78, 5) is 15.3. The van der Waals surface area contributed by atoms with E-state index in [2.05, 4.69) is 20.9 Å². The molecular formula is C12H12BrClFN3O. The predicted octanol–water partition coefficient (Wildman–Crippen LogP) is 2.59. The van der Waals surface area contributed by atoms with E-state index in [4.69, 9.17) is 17.3 Å². The lowest BCUT2D eigenvalue weighted by Crippen LogP contribution is -2.15. The van der Waals surface area contributed by atoms with Crippen molar-refractivity contribution in [2.75, 3.05) is 5.88 Å². The number of aryl methyl sites for hydroxylation is 2. The maximum atomic E-state index is 13.5. The number of benzene rings is 1. The van der Waals surface area contributed by atoms with E-state index in [1.807, 2.05) is 4.57 Å². The highest BCUT2D eigenvalue weighted by atomic mass is 79.9. The number of rotatable bonds is 5. The number of hydrogen-bond acceptors (Lipinski definition) is 2. The quantitative estimate of drug-likeness (QED) is 0.844. The minimum absolute atomic E-state index is 0.204. The van der Waals surface area contributed by atoms with Gasteiger partial charge in [-0.3, -0.25) is 4.79 Å². The van der Waals surface area contributed by atoms with E-state index in [0.717, 1.165) is 11.3 Å². The van der Waals surface area contributed by atoms with Crippen molar-refractivity contribution in [1.29, 1.82) is 0 Å². The lowest BCUT2D eigenvalue weighted by molar-refractivity contribution is -0.118. The normalized spacial score (nSPS) is 11.1. The van der Waals surface area contributed by atoms with E-state index in [1.54, 1.807) is 6.07 Å². The molecule has 1 amide bonds. The van der Waals surface area contributed by atoms with Gasteiger partial charge in [-0.1, -0.05) is 0 Å². The molecule has 7 heteroatoms. The average Bonchev–Trinajstić information content (AvgIpc) is 2.65. The van der Waals surface area contributed by atoms with Gasteiger partial charge in [0.1, 0.15) is 11.6 Å². The van der Waals surface area contributed by atoms with E-state index >= 15 is 0 Å². The average molecular weight is 349 g/mol. The van der Waals surface area contributed by atoms with Gasteiger partial charge in [0.2, 0.25) is 5.91 Å². The summed E-state index contributed by atoms with van der Waals surface area (Å²) in [6.45, 7) is 0.413. The van der Waals surface area contributed by atoms with Crippen LogP contribution in [0.5, 0.6) is 0 Å². The first-order valence-corrected chi connectivity index (χ1v) is 7.04. The van der Waals surface area contributed by atoms with Crippen LogP contribution in [0.15, 0.2) is 16.6 Å². The molecule has 0 aliphatic rings. The van der Waals surface area contributed by atoms with Gasteiger partial charge in [0.25, 0.3) is 0 Å². The fourth-order valence-corrected chi connectivity index (χ4v) is 2.42. The first kappa shape index (κ1) is 14.3. The lowest BCUT2D eigenvalue weighted by atomic mass is 10.3. The van der Waals surface area contributed by atoms with Gasteiger partial charge >= 0.3 is 0 Å². The van der Waals surface area contributed by atoms with Crippen LogP contribution in [0.25, 0.3) is 11.0 Å². The van der Waals surface area contributed by atoms with E-state index in [1.165, 1.54) is 6.07 Å². The number of amides is 1. The molecule has 0 aliphatic carbocycles. The fraction of sp³-hybridized carbons (Fsp3) is 0.333. The van der Waals surface area contributed by atoms with E-state index in [-0.39, 0.29) is 18.1 Å². The second kappa shape index (κ2) is 5.88. The first-order chi connectivity index (χ1) is 9.02. The summed E-state index contributed by atoms with van der Waals surface area (Å²) in [5, 5.41) is 0. The summed E-state index contributed by atoms with van der Waals surface area (Å²) < 4.78 is 15.7. The molecule has 0 fully saturated rings. The van der Waals surface area contributed by atoms with Gasteiger partial charge in [0.05, 0.1) is 15.5 Å². The minimum Gasteiger partial charge on any atom is -0.370 e. The van der Waals surface area contributed by atoms with Crippen LogP contribution in [0.4, 0.5) is 4.39 Å². The molecule has 0 unspecified atom stereocenters. The minimum atomic E-state index is -0.389. The van der Waals surface area contributed by atoms with Gasteiger partial charge in [-0.15, -0.1) is 11.6 Å². The van der Waals surface area contributed by atoms with Gasteiger partial charge in [-0.2, -0.15) is 0 Å². The molecule has 2 rings (SSSR count). The molecule has 0 saturated carbocycles. The molecule has 2 aromatic rings. The first-order valence-electron chi connectivity index (χ1n) is 5.71. The molecule has 0 spiro atoms. The summed E-state index contributed by atoms with van der Waals surface area (Å²) in [5.41, 5.74) is 6.47. The number of hydrogen-bond donors (Lipinski definition) is 1. The predicted molar refractivity (Wildman–Crippen MR) is 75.6 cm³/mol. The summed E-state index contributed by atoms with van der Waals surface area (Å²) in [5.74, 6) is 0.372. The molecule has 1 aromatic heterocycles. The third-order valence-electron chi connectivity index (χ3n) is 2.77. The molecule has 2 N–H and O–H groups in total. The highest BCUT2D eigenvalue weighted by Crippen LogP contribution is 2.24. The Bertz CT molecular complexity index is 629. The Morgan fingerprint density at radius 3 is 2.89 bits per heavy atom. The molecule has 4 nitrogen and oxygen atoms in total. The molecule has 19 heavy (non-hydrogen) atoms. The number of aromatic nitrogens is 2. The summed E-state index contributed by atoms with van der Waals surface area (Å²) in [7, 11) is 0. The van der Waals surface area contributed by atoms with Crippen LogP contribution < -0.4 is 5.73 Å². The van der Waals surface area contributed by atoms with Crippen molar-refractivity contribution in [2.24, 2.45) is 5.73 Å². The number of alkyl halides is 1. The van der Waals surface area contributed by atoms with E-state index in [9.17, 15) is 9.18 Å². The lowest BCUT2D eigenvalue weighted by Gasteiger charge is -2.07. The highest BCUT2D eigenvalue weighted by Gasteiger charge is 2.13. The summed E-state index contributed by atoms with van der Waals surface area (Å²) in [6, 6.07) is 3.01. The molecule has 0 radical (unpaired) electrons. The van der Waals surface area contributed by atoms with Gasteiger partial charge in [-0.05, 0) is 22.0 Å². The van der Waals surface area contributed by atoms with Crippen LogP contribution in [0.3, 0.4) is 0 Å². The maximum absolute atomic E-state index is 13.5. The van der Waals surface area contributed by atoms with Crippen molar-refractivity contribution in [1.82, 2.24) is 9.55 Å². The Labute approximate surface area is 122 Å². The number of fused-ring (bicyclic) bond motifs is 1. The van der Waals surface area contributed by atoms with Crippen molar-refractivity contribution in [3.8, 4) is 0 Å². The number of imidazole rings is 1. The molecule has 0 atom stereocenters. The SMILES string of the molecule is NC(=O)CCn1c(CCCl)nc2cc(F)c(Br)cc21. The zero-order valence-corrected chi connectivity index (χ0v) is 12.3. The molecule has 102 valence electrons. The zero-order valence-electron chi connectivity index (χ0n) is 10.00. The van der Waals surface area contributed by atoms with Crippen LogP contribution in [-0.4, -0.2) is 21.3 Å². The van der Waals surface area contributed by atoms with Crippen molar-refractivity contribution in [3.63, 3.8) is 0 Å². The second-order valence-corrected chi connectivity index (χ2v) is 5.32. The Morgan fingerprint density at radius 2 is 2.26 bits per heavy atom. The van der Waals surface area contributed by atoms with Crippen molar-refractivity contribution < 1.29 is 9.18 Å². The van der Waals surface area contributed by atoms with Gasteiger partial charge in [0, 0.05) is 31.3 Å². The molecule has 0 bridgehead atoms. The number of nitrogens with two attached hydrogens (primary N) is 1. The van der Waals surface area contributed by atoms with E-state index < -0.39 is 0 Å². The van der Waals surface area contributed by atoms with Crippen LogP contribution in [0, 0.1) is 5.82 Å². The van der Waals surface area contributed by atoms with Gasteiger partial charge in [-0.25, -0.2) is 9.37 Å². The highest BCUT2D eigenvalue weighted by molar-refractivity contribution is 9.10. The van der Waals surface area contributed by atoms with Crippen molar-refractivity contribution in [3.05, 3.63) is 28.2 Å². The van der Waals surface area contributed by atoms with Crippen LogP contribution in [-0.2, 0) is 17.8 Å². The third-order valence-corrected chi connectivity index (χ3v) is 3.57. The Balaban J connectivity index is 2.51. The summed E-state index contributed by atoms with van der Waals surface area (Å²) in [6.07, 6.45) is 0.754. The molecule has 0 aliphatic heterocycles. The Kier molecular flexibility index (Phi) is 4.42. The standard InChI is InChI=1S/C12H12BrClFN3O/c13-7-5-10-9(6-8(7)15)17-12(1-3-14)18(10)4-2-11(16)19/h5-6H,1-4H2,(H2,16,19). The second-order valence-electron chi connectivity index (χ2n) is 4.09. The zero-order chi connectivity index (χ0) is 14.0. The van der Waals surface area contributed by atoms with Crippen LogP contribution in [0.2, 0.25) is 0 Å². The van der Waals surface area contributed by atoms with Crippen molar-refractivity contribution >= 4 is 44.5 Å². The smallest absolute Gasteiger partial charge is 0.219 e. The monoisotopic (exact) mass is 347 g/mol. The number of carbonyl (C=O) groups is 1. The topological polar surface area (TPSA) is 60.9 Å².